The number of aliphatic hydroxyl groups is 1. The second-order valence-electron chi connectivity index (χ2n) is 9.48. The van der Waals surface area contributed by atoms with Crippen LogP contribution in [0.4, 0.5) is 0 Å². The molecule has 4 heteroatoms. The van der Waals surface area contributed by atoms with E-state index in [0.29, 0.717) is 30.5 Å². The minimum absolute atomic E-state index is 0.0134. The highest BCUT2D eigenvalue weighted by molar-refractivity contribution is 6.07. The highest BCUT2D eigenvalue weighted by Crippen LogP contribution is 2.23. The van der Waals surface area contributed by atoms with Gasteiger partial charge in [-0.25, -0.2) is 0 Å². The molecule has 0 aliphatic carbocycles. The molecule has 0 aliphatic rings. The van der Waals surface area contributed by atoms with Gasteiger partial charge in [0.1, 0.15) is 0 Å². The van der Waals surface area contributed by atoms with Crippen LogP contribution in [0.25, 0.3) is 17.0 Å². The molecule has 1 atom stereocenters. The molecule has 4 nitrogen and oxygen atoms in total. The van der Waals surface area contributed by atoms with E-state index in [1.807, 2.05) is 54.7 Å². The van der Waals surface area contributed by atoms with E-state index in [9.17, 15) is 9.90 Å². The van der Waals surface area contributed by atoms with Crippen molar-refractivity contribution in [3.63, 3.8) is 0 Å². The van der Waals surface area contributed by atoms with Crippen LogP contribution in [-0.4, -0.2) is 46.1 Å². The molecule has 32 heavy (non-hydrogen) atoms. The molecule has 0 radical (unpaired) electrons. The van der Waals surface area contributed by atoms with Crippen molar-refractivity contribution in [3.8, 4) is 0 Å². The fourth-order valence-electron chi connectivity index (χ4n) is 4.26. The lowest BCUT2D eigenvalue weighted by Gasteiger charge is -2.28. The van der Waals surface area contributed by atoms with Crippen molar-refractivity contribution in [2.24, 2.45) is 11.8 Å². The van der Waals surface area contributed by atoms with Gasteiger partial charge >= 0.3 is 0 Å². The number of hydrogen-bond acceptors (Lipinski definition) is 3. The van der Waals surface area contributed by atoms with Crippen LogP contribution in [-0.2, 0) is 6.54 Å². The van der Waals surface area contributed by atoms with Crippen molar-refractivity contribution < 1.29 is 9.90 Å². The third-order valence-corrected chi connectivity index (χ3v) is 5.42. The second kappa shape index (κ2) is 11.3. The number of aliphatic hydroxyl groups excluding tert-OH is 1. The van der Waals surface area contributed by atoms with E-state index < -0.39 is 6.10 Å². The van der Waals surface area contributed by atoms with Crippen molar-refractivity contribution in [1.82, 2.24) is 9.47 Å². The summed E-state index contributed by atoms with van der Waals surface area (Å²) in [5, 5.41) is 12.0. The predicted octanol–water partition coefficient (Wildman–Crippen LogP) is 5.51. The van der Waals surface area contributed by atoms with Crippen LogP contribution in [0, 0.1) is 11.8 Å². The zero-order chi connectivity index (χ0) is 23.1. The zero-order valence-corrected chi connectivity index (χ0v) is 19.7. The Hall–Kier alpha value is -2.69. The number of benzene rings is 2. The first-order valence-electron chi connectivity index (χ1n) is 11.6. The first-order chi connectivity index (χ1) is 15.3. The number of rotatable bonds is 11. The Bertz CT molecular complexity index is 1020. The van der Waals surface area contributed by atoms with E-state index in [0.717, 1.165) is 29.6 Å². The van der Waals surface area contributed by atoms with Gasteiger partial charge in [0.2, 0.25) is 0 Å². The third-order valence-electron chi connectivity index (χ3n) is 5.42. The lowest BCUT2D eigenvalue weighted by atomic mass is 10.1. The SMILES string of the molecule is CC(C)CN(CC(C)C)C[C@@H](O)Cn1cc(/C=C/C(=O)c2ccccc2)c2ccccc21. The lowest BCUT2D eigenvalue weighted by molar-refractivity contribution is 0.0869. The van der Waals surface area contributed by atoms with E-state index in [-0.39, 0.29) is 5.78 Å². The van der Waals surface area contributed by atoms with Gasteiger partial charge in [0.15, 0.2) is 5.78 Å². The Kier molecular flexibility index (Phi) is 8.43. The molecule has 0 saturated carbocycles. The van der Waals surface area contributed by atoms with Crippen molar-refractivity contribution in [3.05, 3.63) is 78.0 Å². The normalized spacial score (nSPS) is 13.1. The van der Waals surface area contributed by atoms with Gasteiger partial charge in [-0.3, -0.25) is 4.79 Å². The van der Waals surface area contributed by atoms with Crippen molar-refractivity contribution >= 4 is 22.8 Å². The highest BCUT2D eigenvalue weighted by Gasteiger charge is 2.16. The molecule has 0 spiro atoms. The average Bonchev–Trinajstić information content (AvgIpc) is 3.09. The van der Waals surface area contributed by atoms with E-state index in [4.69, 9.17) is 0 Å². The molecule has 2 aromatic carbocycles. The summed E-state index contributed by atoms with van der Waals surface area (Å²) in [6, 6.07) is 17.4. The number of hydrogen-bond donors (Lipinski definition) is 1. The van der Waals surface area contributed by atoms with Crippen molar-refractivity contribution in [2.45, 2.75) is 40.3 Å². The largest absolute Gasteiger partial charge is 0.390 e. The third kappa shape index (κ3) is 6.65. The molecule has 0 unspecified atom stereocenters. The van der Waals surface area contributed by atoms with Gasteiger partial charge in [0.25, 0.3) is 0 Å². The number of aromatic nitrogens is 1. The number of carbonyl (C=O) groups is 1. The Morgan fingerprint density at radius 3 is 2.22 bits per heavy atom. The van der Waals surface area contributed by atoms with Crippen molar-refractivity contribution in [2.75, 3.05) is 19.6 Å². The Morgan fingerprint density at radius 1 is 0.938 bits per heavy atom. The molecular weight excluding hydrogens is 396 g/mol. The van der Waals surface area contributed by atoms with Crippen LogP contribution in [0.15, 0.2) is 66.9 Å². The molecule has 3 aromatic rings. The molecular formula is C28H36N2O2. The molecule has 1 aromatic heterocycles. The first-order valence-corrected chi connectivity index (χ1v) is 11.6. The zero-order valence-electron chi connectivity index (χ0n) is 19.7. The Balaban J connectivity index is 1.77. The van der Waals surface area contributed by atoms with Crippen LogP contribution in [0.2, 0.25) is 0 Å². The van der Waals surface area contributed by atoms with Crippen LogP contribution in [0.1, 0.15) is 43.6 Å². The van der Waals surface area contributed by atoms with E-state index in [1.54, 1.807) is 6.08 Å². The summed E-state index contributed by atoms with van der Waals surface area (Å²) >= 11 is 0. The number of fused-ring (bicyclic) bond motifs is 1. The number of allylic oxidation sites excluding steroid dienone is 1. The summed E-state index contributed by atoms with van der Waals surface area (Å²) in [4.78, 5) is 14.9. The van der Waals surface area contributed by atoms with Gasteiger partial charge in [-0.05, 0) is 30.1 Å². The molecule has 170 valence electrons. The first kappa shape index (κ1) is 24.0. The fourth-order valence-corrected chi connectivity index (χ4v) is 4.26. The minimum Gasteiger partial charge on any atom is -0.390 e. The maximum Gasteiger partial charge on any atom is 0.185 e. The number of nitrogens with zero attached hydrogens (tertiary/aromatic N) is 2. The summed E-state index contributed by atoms with van der Waals surface area (Å²) in [7, 11) is 0. The smallest absolute Gasteiger partial charge is 0.185 e. The summed E-state index contributed by atoms with van der Waals surface area (Å²) in [6.07, 6.45) is 5.08. The summed E-state index contributed by atoms with van der Waals surface area (Å²) < 4.78 is 2.11. The van der Waals surface area contributed by atoms with Crippen LogP contribution >= 0.6 is 0 Å². The molecule has 1 heterocycles. The van der Waals surface area contributed by atoms with Gasteiger partial charge in [0.05, 0.1) is 6.10 Å². The van der Waals surface area contributed by atoms with E-state index in [1.165, 1.54) is 0 Å². The van der Waals surface area contributed by atoms with Gasteiger partial charge in [-0.1, -0.05) is 76.2 Å². The quantitative estimate of drug-likeness (QED) is 0.321. The summed E-state index contributed by atoms with van der Waals surface area (Å²) in [5.41, 5.74) is 2.73. The van der Waals surface area contributed by atoms with Gasteiger partial charge in [-0.15, -0.1) is 0 Å². The number of carbonyl (C=O) groups excluding carboxylic acids is 1. The maximum atomic E-state index is 12.5. The molecule has 0 aliphatic heterocycles. The molecule has 0 bridgehead atoms. The van der Waals surface area contributed by atoms with E-state index in [2.05, 4.69) is 49.3 Å². The van der Waals surface area contributed by atoms with Crippen LogP contribution in [0.3, 0.4) is 0 Å². The summed E-state index contributed by atoms with van der Waals surface area (Å²) in [5.74, 6) is 1.11. The van der Waals surface area contributed by atoms with E-state index >= 15 is 0 Å². The molecule has 1 N–H and O–H groups in total. The van der Waals surface area contributed by atoms with Crippen molar-refractivity contribution in [1.29, 1.82) is 0 Å². The monoisotopic (exact) mass is 432 g/mol. The lowest BCUT2D eigenvalue weighted by Crippen LogP contribution is -2.39. The van der Waals surface area contributed by atoms with Gasteiger partial charge in [0, 0.05) is 54.4 Å². The van der Waals surface area contributed by atoms with Gasteiger partial charge in [-0.2, -0.15) is 0 Å². The van der Waals surface area contributed by atoms with Gasteiger partial charge < -0.3 is 14.6 Å². The van der Waals surface area contributed by atoms with Crippen LogP contribution in [0.5, 0.6) is 0 Å². The van der Waals surface area contributed by atoms with Crippen LogP contribution < -0.4 is 0 Å². The highest BCUT2D eigenvalue weighted by atomic mass is 16.3. The standard InChI is InChI=1S/C28H36N2O2/c1-21(2)16-29(17-22(3)4)19-25(31)20-30-18-24(26-12-8-9-13-27(26)30)14-15-28(32)23-10-6-5-7-11-23/h5-15,18,21-22,25,31H,16-17,19-20H2,1-4H3/b15-14+/t25-/m1/s1. The molecule has 0 fully saturated rings. The number of ketones is 1. The topological polar surface area (TPSA) is 45.5 Å². The Morgan fingerprint density at radius 2 is 1.56 bits per heavy atom. The molecule has 3 rings (SSSR count). The maximum absolute atomic E-state index is 12.5. The molecule has 0 saturated heterocycles. The summed E-state index contributed by atoms with van der Waals surface area (Å²) in [6.45, 7) is 12.0. The fraction of sp³-hybridized carbons (Fsp3) is 0.393. The molecule has 0 amide bonds. The predicted molar refractivity (Wildman–Crippen MR) is 134 cm³/mol. The second-order valence-corrected chi connectivity index (χ2v) is 9.48. The minimum atomic E-state index is -0.467. The number of para-hydroxylation sites is 1. The Labute approximate surface area is 192 Å². The average molecular weight is 433 g/mol.